The van der Waals surface area contributed by atoms with Crippen LogP contribution in [0, 0.1) is 20.8 Å². The summed E-state index contributed by atoms with van der Waals surface area (Å²) in [6.45, 7) is 6.62. The van der Waals surface area contributed by atoms with Crippen molar-refractivity contribution in [2.24, 2.45) is 4.99 Å². The average Bonchev–Trinajstić information content (AvgIpc) is 3.16. The normalized spacial score (nSPS) is 11.5. The number of H-pyrrole nitrogens is 1. The molecule has 5 nitrogen and oxygen atoms in total. The number of aryl methyl sites for hydroxylation is 3. The van der Waals surface area contributed by atoms with E-state index in [9.17, 15) is 4.79 Å². The SMILES string of the molecule is Cc1cc(C)cc(NC(=NCCc2c[nH]c3ccccc23)NC(=O)c2cccc(C)c2)c1. The number of fused-ring (bicyclic) bond motifs is 1. The maximum absolute atomic E-state index is 12.9. The van der Waals surface area contributed by atoms with Crippen molar-refractivity contribution in [1.82, 2.24) is 10.3 Å². The van der Waals surface area contributed by atoms with Crippen molar-refractivity contribution >= 4 is 28.5 Å². The van der Waals surface area contributed by atoms with E-state index < -0.39 is 0 Å². The summed E-state index contributed by atoms with van der Waals surface area (Å²) in [5, 5.41) is 7.46. The summed E-state index contributed by atoms with van der Waals surface area (Å²) in [6.07, 6.45) is 2.80. The molecule has 3 aromatic carbocycles. The second-order valence-electron chi connectivity index (χ2n) is 8.16. The maximum atomic E-state index is 12.9. The van der Waals surface area contributed by atoms with Crippen molar-refractivity contribution in [3.63, 3.8) is 0 Å². The Labute approximate surface area is 188 Å². The van der Waals surface area contributed by atoms with Gasteiger partial charge >= 0.3 is 0 Å². The molecule has 0 atom stereocenters. The molecule has 4 rings (SSSR count). The zero-order valence-corrected chi connectivity index (χ0v) is 18.7. The fraction of sp³-hybridized carbons (Fsp3) is 0.185. The number of para-hydroxylation sites is 1. The van der Waals surface area contributed by atoms with Crippen molar-refractivity contribution < 1.29 is 4.79 Å². The topological polar surface area (TPSA) is 69.3 Å². The quantitative estimate of drug-likeness (QED) is 0.291. The molecule has 162 valence electrons. The van der Waals surface area contributed by atoms with Crippen LogP contribution in [0.4, 0.5) is 5.69 Å². The molecule has 0 spiro atoms. The number of carbonyl (C=O) groups excluding carboxylic acids is 1. The molecular weight excluding hydrogens is 396 g/mol. The standard InChI is InChI=1S/C27H28N4O/c1-18-7-6-8-21(14-18)26(32)31-27(30-23-15-19(2)13-20(3)16-23)28-12-11-22-17-29-25-10-5-4-9-24(22)25/h4-10,13-17,29H,11-12H2,1-3H3,(H2,28,30,31,32). The van der Waals surface area contributed by atoms with Crippen molar-refractivity contribution in [3.8, 4) is 0 Å². The van der Waals surface area contributed by atoms with Gasteiger partial charge in [-0.05, 0) is 74.2 Å². The molecular formula is C27H28N4O. The van der Waals surface area contributed by atoms with Crippen LogP contribution < -0.4 is 10.6 Å². The van der Waals surface area contributed by atoms with Crippen LogP contribution in [0.2, 0.25) is 0 Å². The Morgan fingerprint density at radius 1 is 0.906 bits per heavy atom. The minimum atomic E-state index is -0.184. The molecule has 0 saturated heterocycles. The number of aromatic nitrogens is 1. The van der Waals surface area contributed by atoms with Crippen molar-refractivity contribution in [2.75, 3.05) is 11.9 Å². The number of hydrogen-bond acceptors (Lipinski definition) is 2. The molecule has 1 heterocycles. The predicted molar refractivity (Wildman–Crippen MR) is 132 cm³/mol. The van der Waals surface area contributed by atoms with E-state index in [0.717, 1.165) is 34.3 Å². The number of guanidine groups is 1. The van der Waals surface area contributed by atoms with Gasteiger partial charge in [0.2, 0.25) is 5.96 Å². The van der Waals surface area contributed by atoms with E-state index >= 15 is 0 Å². The third-order valence-corrected chi connectivity index (χ3v) is 5.32. The van der Waals surface area contributed by atoms with Gasteiger partial charge in [-0.25, -0.2) is 0 Å². The smallest absolute Gasteiger partial charge is 0.257 e. The van der Waals surface area contributed by atoms with Gasteiger partial charge in [0.25, 0.3) is 5.91 Å². The van der Waals surface area contributed by atoms with Gasteiger partial charge in [-0.2, -0.15) is 0 Å². The summed E-state index contributed by atoms with van der Waals surface area (Å²) in [5.41, 5.74) is 7.17. The number of amides is 1. The molecule has 0 aliphatic rings. The van der Waals surface area contributed by atoms with E-state index in [1.165, 1.54) is 10.9 Å². The number of rotatable bonds is 5. The van der Waals surface area contributed by atoms with Gasteiger partial charge in [-0.1, -0.05) is 42.0 Å². The van der Waals surface area contributed by atoms with Crippen LogP contribution in [0.3, 0.4) is 0 Å². The highest BCUT2D eigenvalue weighted by Crippen LogP contribution is 2.18. The second-order valence-corrected chi connectivity index (χ2v) is 8.16. The van der Waals surface area contributed by atoms with Gasteiger partial charge in [0.15, 0.2) is 0 Å². The van der Waals surface area contributed by atoms with Gasteiger partial charge < -0.3 is 10.3 Å². The van der Waals surface area contributed by atoms with Crippen LogP contribution >= 0.6 is 0 Å². The first-order chi connectivity index (χ1) is 15.5. The Morgan fingerprint density at radius 2 is 1.69 bits per heavy atom. The van der Waals surface area contributed by atoms with E-state index in [2.05, 4.69) is 47.7 Å². The number of nitrogens with zero attached hydrogens (tertiary/aromatic N) is 1. The highest BCUT2D eigenvalue weighted by Gasteiger charge is 2.10. The summed E-state index contributed by atoms with van der Waals surface area (Å²) >= 11 is 0. The largest absolute Gasteiger partial charge is 0.361 e. The summed E-state index contributed by atoms with van der Waals surface area (Å²) < 4.78 is 0. The Hall–Kier alpha value is -3.86. The molecule has 3 N–H and O–H groups in total. The predicted octanol–water partition coefficient (Wildman–Crippen LogP) is 5.53. The summed E-state index contributed by atoms with van der Waals surface area (Å²) in [7, 11) is 0. The number of anilines is 1. The number of nitrogens with one attached hydrogen (secondary N) is 3. The van der Waals surface area contributed by atoms with Gasteiger partial charge in [0, 0.05) is 34.9 Å². The van der Waals surface area contributed by atoms with Crippen LogP contribution in [0.25, 0.3) is 10.9 Å². The third-order valence-electron chi connectivity index (χ3n) is 5.32. The van der Waals surface area contributed by atoms with E-state index in [1.807, 2.05) is 61.7 Å². The zero-order valence-electron chi connectivity index (χ0n) is 18.7. The molecule has 1 aromatic heterocycles. The monoisotopic (exact) mass is 424 g/mol. The highest BCUT2D eigenvalue weighted by atomic mass is 16.1. The lowest BCUT2D eigenvalue weighted by Crippen LogP contribution is -2.36. The Morgan fingerprint density at radius 3 is 2.47 bits per heavy atom. The Balaban J connectivity index is 1.54. The summed E-state index contributed by atoms with van der Waals surface area (Å²) in [6, 6.07) is 22.0. The van der Waals surface area contributed by atoms with Crippen LogP contribution in [0.15, 0.2) is 77.9 Å². The summed E-state index contributed by atoms with van der Waals surface area (Å²) in [4.78, 5) is 20.9. The fourth-order valence-corrected chi connectivity index (χ4v) is 3.89. The molecule has 1 amide bonds. The first kappa shape index (κ1) is 21.4. The molecule has 0 unspecified atom stereocenters. The van der Waals surface area contributed by atoms with Crippen molar-refractivity contribution in [2.45, 2.75) is 27.2 Å². The molecule has 0 aliphatic heterocycles. The van der Waals surface area contributed by atoms with Gasteiger partial charge in [0.05, 0.1) is 0 Å². The number of aromatic amines is 1. The Bertz CT molecular complexity index is 1270. The Kier molecular flexibility index (Phi) is 6.36. The highest BCUT2D eigenvalue weighted by molar-refractivity contribution is 6.10. The van der Waals surface area contributed by atoms with Gasteiger partial charge in [-0.15, -0.1) is 0 Å². The minimum absolute atomic E-state index is 0.184. The number of carbonyl (C=O) groups is 1. The number of aliphatic imine (C=N–C) groups is 1. The fourth-order valence-electron chi connectivity index (χ4n) is 3.89. The molecule has 0 bridgehead atoms. The van der Waals surface area contributed by atoms with Crippen LogP contribution in [-0.2, 0) is 6.42 Å². The lowest BCUT2D eigenvalue weighted by molar-refractivity contribution is 0.0977. The van der Waals surface area contributed by atoms with E-state index in [-0.39, 0.29) is 5.91 Å². The molecule has 0 fully saturated rings. The van der Waals surface area contributed by atoms with Crippen LogP contribution in [0.1, 0.15) is 32.6 Å². The van der Waals surface area contributed by atoms with Gasteiger partial charge in [-0.3, -0.25) is 15.1 Å². The minimum Gasteiger partial charge on any atom is -0.361 e. The first-order valence-corrected chi connectivity index (χ1v) is 10.8. The molecule has 0 aliphatic carbocycles. The first-order valence-electron chi connectivity index (χ1n) is 10.8. The van der Waals surface area contributed by atoms with E-state index in [0.29, 0.717) is 18.1 Å². The summed E-state index contributed by atoms with van der Waals surface area (Å²) in [5.74, 6) is 0.262. The van der Waals surface area contributed by atoms with Crippen LogP contribution in [0.5, 0.6) is 0 Å². The average molecular weight is 425 g/mol. The van der Waals surface area contributed by atoms with Crippen molar-refractivity contribution in [3.05, 3.63) is 101 Å². The molecule has 0 radical (unpaired) electrons. The molecule has 5 heteroatoms. The lowest BCUT2D eigenvalue weighted by atomic mass is 10.1. The molecule has 0 saturated carbocycles. The number of benzene rings is 3. The molecule has 4 aromatic rings. The zero-order chi connectivity index (χ0) is 22.5. The number of hydrogen-bond donors (Lipinski definition) is 3. The van der Waals surface area contributed by atoms with E-state index in [4.69, 9.17) is 4.99 Å². The lowest BCUT2D eigenvalue weighted by Gasteiger charge is -2.13. The van der Waals surface area contributed by atoms with Crippen molar-refractivity contribution in [1.29, 1.82) is 0 Å². The van der Waals surface area contributed by atoms with Crippen LogP contribution in [-0.4, -0.2) is 23.4 Å². The molecule has 32 heavy (non-hydrogen) atoms. The second kappa shape index (κ2) is 9.52. The third kappa shape index (κ3) is 5.24. The maximum Gasteiger partial charge on any atom is 0.257 e. The van der Waals surface area contributed by atoms with E-state index in [1.54, 1.807) is 0 Å². The van der Waals surface area contributed by atoms with Gasteiger partial charge in [0.1, 0.15) is 0 Å².